The van der Waals surface area contributed by atoms with Gasteiger partial charge in [-0.1, -0.05) is 6.08 Å². The maximum Gasteiger partial charge on any atom is 0.333 e. The van der Waals surface area contributed by atoms with Crippen molar-refractivity contribution in [3.05, 3.63) is 24.0 Å². The molecule has 0 unspecified atom stereocenters. The van der Waals surface area contributed by atoms with Crippen LogP contribution in [0.5, 0.6) is 0 Å². The molecular formula is C7H8N2O3. The molecule has 12 heavy (non-hydrogen) atoms. The number of allylic oxidation sites excluding steroid dienone is 1. The van der Waals surface area contributed by atoms with Crippen molar-refractivity contribution >= 4 is 12.0 Å². The van der Waals surface area contributed by atoms with E-state index in [1.165, 1.54) is 12.4 Å². The summed E-state index contributed by atoms with van der Waals surface area (Å²) in [6.07, 6.45) is 4.53. The second-order valence-corrected chi connectivity index (χ2v) is 2.29. The van der Waals surface area contributed by atoms with Crippen LogP contribution in [0.2, 0.25) is 0 Å². The van der Waals surface area contributed by atoms with E-state index in [1.54, 1.807) is 6.08 Å². The third-order valence-electron chi connectivity index (χ3n) is 1.43. The van der Waals surface area contributed by atoms with Gasteiger partial charge in [0.15, 0.2) is 0 Å². The number of rotatable bonds is 1. The summed E-state index contributed by atoms with van der Waals surface area (Å²) in [6, 6.07) is -0.690. The number of urea groups is 1. The van der Waals surface area contributed by atoms with E-state index in [4.69, 9.17) is 10.8 Å². The fourth-order valence-corrected chi connectivity index (χ4v) is 0.836. The first-order chi connectivity index (χ1) is 5.61. The predicted molar refractivity (Wildman–Crippen MR) is 40.9 cm³/mol. The van der Waals surface area contributed by atoms with Crippen molar-refractivity contribution in [2.45, 2.75) is 6.42 Å². The Morgan fingerprint density at radius 3 is 2.75 bits per heavy atom. The molecule has 5 heteroatoms. The van der Waals surface area contributed by atoms with Gasteiger partial charge in [-0.25, -0.2) is 9.59 Å². The largest absolute Gasteiger partial charge is 0.478 e. The minimum Gasteiger partial charge on any atom is -0.478 e. The molecule has 1 rings (SSSR count). The number of carboxylic acids is 1. The van der Waals surface area contributed by atoms with Gasteiger partial charge in [0.2, 0.25) is 0 Å². The number of carbonyl (C=O) groups excluding carboxylic acids is 1. The Bertz CT molecular complexity index is 280. The smallest absolute Gasteiger partial charge is 0.333 e. The zero-order valence-electron chi connectivity index (χ0n) is 6.23. The molecule has 3 N–H and O–H groups in total. The van der Waals surface area contributed by atoms with E-state index in [0.29, 0.717) is 6.42 Å². The Morgan fingerprint density at radius 2 is 2.25 bits per heavy atom. The molecule has 0 bridgehead atoms. The Labute approximate surface area is 68.8 Å². The van der Waals surface area contributed by atoms with Crippen molar-refractivity contribution in [2.75, 3.05) is 0 Å². The highest BCUT2D eigenvalue weighted by molar-refractivity contribution is 5.88. The monoisotopic (exact) mass is 168 g/mol. The quantitative estimate of drug-likeness (QED) is 0.588. The summed E-state index contributed by atoms with van der Waals surface area (Å²) in [5.41, 5.74) is 5.08. The molecule has 0 saturated heterocycles. The van der Waals surface area contributed by atoms with E-state index >= 15 is 0 Å². The van der Waals surface area contributed by atoms with Crippen LogP contribution in [0.25, 0.3) is 0 Å². The van der Waals surface area contributed by atoms with Crippen LogP contribution in [0.3, 0.4) is 0 Å². The van der Waals surface area contributed by atoms with Gasteiger partial charge in [-0.05, 0) is 0 Å². The van der Waals surface area contributed by atoms with Crippen LogP contribution in [-0.4, -0.2) is 22.0 Å². The predicted octanol–water partition coefficient (Wildman–Crippen LogP) is 0.253. The lowest BCUT2D eigenvalue weighted by Crippen LogP contribution is -2.28. The number of primary amides is 1. The van der Waals surface area contributed by atoms with E-state index in [9.17, 15) is 9.59 Å². The van der Waals surface area contributed by atoms with Crippen molar-refractivity contribution in [3.8, 4) is 0 Å². The highest BCUT2D eigenvalue weighted by atomic mass is 16.4. The zero-order valence-corrected chi connectivity index (χ0v) is 6.23. The molecule has 2 amide bonds. The van der Waals surface area contributed by atoms with Gasteiger partial charge < -0.3 is 10.8 Å². The van der Waals surface area contributed by atoms with Crippen molar-refractivity contribution in [2.24, 2.45) is 5.73 Å². The van der Waals surface area contributed by atoms with Crippen LogP contribution in [-0.2, 0) is 4.79 Å². The van der Waals surface area contributed by atoms with Gasteiger partial charge in [0, 0.05) is 18.8 Å². The maximum absolute atomic E-state index is 10.6. The van der Waals surface area contributed by atoms with Gasteiger partial charge in [-0.15, -0.1) is 0 Å². The van der Waals surface area contributed by atoms with Crippen LogP contribution < -0.4 is 5.73 Å². The number of aliphatic carboxylic acids is 1. The summed E-state index contributed by atoms with van der Waals surface area (Å²) < 4.78 is 0. The fraction of sp³-hybridized carbons (Fsp3) is 0.143. The average molecular weight is 168 g/mol. The van der Waals surface area contributed by atoms with E-state index in [0.717, 1.165) is 4.90 Å². The summed E-state index contributed by atoms with van der Waals surface area (Å²) in [5.74, 6) is -1.04. The molecule has 0 saturated carbocycles. The van der Waals surface area contributed by atoms with Gasteiger partial charge in [0.1, 0.15) is 0 Å². The minimum atomic E-state index is -1.04. The molecule has 0 aromatic heterocycles. The topological polar surface area (TPSA) is 83.6 Å². The maximum atomic E-state index is 10.6. The van der Waals surface area contributed by atoms with Crippen molar-refractivity contribution in [1.82, 2.24) is 4.90 Å². The lowest BCUT2D eigenvalue weighted by Gasteiger charge is -2.14. The van der Waals surface area contributed by atoms with E-state index in [-0.39, 0.29) is 5.57 Å². The second-order valence-electron chi connectivity index (χ2n) is 2.29. The van der Waals surface area contributed by atoms with Gasteiger partial charge in [-0.3, -0.25) is 4.90 Å². The Hall–Kier alpha value is -1.78. The Kier molecular flexibility index (Phi) is 2.14. The van der Waals surface area contributed by atoms with E-state index < -0.39 is 12.0 Å². The first kappa shape index (κ1) is 8.32. The third-order valence-corrected chi connectivity index (χ3v) is 1.43. The summed E-state index contributed by atoms with van der Waals surface area (Å²) >= 11 is 0. The molecule has 0 atom stereocenters. The van der Waals surface area contributed by atoms with Crippen LogP contribution >= 0.6 is 0 Å². The van der Waals surface area contributed by atoms with Crippen molar-refractivity contribution < 1.29 is 14.7 Å². The summed E-state index contributed by atoms with van der Waals surface area (Å²) in [6.45, 7) is 0. The Morgan fingerprint density at radius 1 is 1.58 bits per heavy atom. The molecule has 1 aliphatic heterocycles. The van der Waals surface area contributed by atoms with E-state index in [1.807, 2.05) is 0 Å². The molecule has 0 spiro atoms. The van der Waals surface area contributed by atoms with Crippen LogP contribution in [0.15, 0.2) is 24.0 Å². The Balaban J connectivity index is 2.81. The van der Waals surface area contributed by atoms with Gasteiger partial charge in [0.25, 0.3) is 0 Å². The number of nitrogens with two attached hydrogens (primary N) is 1. The SMILES string of the molecule is NC(=O)N1C=CCC(C(=O)O)=C1. The highest BCUT2D eigenvalue weighted by Crippen LogP contribution is 2.11. The fourth-order valence-electron chi connectivity index (χ4n) is 0.836. The average Bonchev–Trinajstić information content (AvgIpc) is 2.04. The van der Waals surface area contributed by atoms with Crippen LogP contribution in [0.1, 0.15) is 6.42 Å². The number of amides is 2. The van der Waals surface area contributed by atoms with Crippen molar-refractivity contribution in [3.63, 3.8) is 0 Å². The van der Waals surface area contributed by atoms with Gasteiger partial charge in [-0.2, -0.15) is 0 Å². The molecule has 0 fully saturated rings. The number of carbonyl (C=O) groups is 2. The van der Waals surface area contributed by atoms with Crippen LogP contribution in [0, 0.1) is 0 Å². The lowest BCUT2D eigenvalue weighted by molar-refractivity contribution is -0.132. The first-order valence-corrected chi connectivity index (χ1v) is 3.29. The summed E-state index contributed by atoms with van der Waals surface area (Å²) in [4.78, 5) is 22.1. The van der Waals surface area contributed by atoms with Gasteiger partial charge >= 0.3 is 12.0 Å². The molecule has 5 nitrogen and oxygen atoms in total. The minimum absolute atomic E-state index is 0.149. The van der Waals surface area contributed by atoms with Crippen LogP contribution in [0.4, 0.5) is 4.79 Å². The molecule has 64 valence electrons. The normalized spacial score (nSPS) is 15.7. The third kappa shape index (κ3) is 1.63. The van der Waals surface area contributed by atoms with Crippen molar-refractivity contribution in [1.29, 1.82) is 0 Å². The zero-order chi connectivity index (χ0) is 9.14. The number of hydrogen-bond donors (Lipinski definition) is 2. The molecule has 0 aromatic rings. The van der Waals surface area contributed by atoms with E-state index in [2.05, 4.69) is 0 Å². The molecule has 1 heterocycles. The lowest BCUT2D eigenvalue weighted by atomic mass is 10.1. The molecule has 1 aliphatic rings. The molecular weight excluding hydrogens is 160 g/mol. The number of carboxylic acid groups (broad SMARTS) is 1. The summed E-state index contributed by atoms with van der Waals surface area (Å²) in [7, 11) is 0. The molecule has 0 aromatic carbocycles. The highest BCUT2D eigenvalue weighted by Gasteiger charge is 2.13. The molecule has 0 radical (unpaired) electrons. The summed E-state index contributed by atoms with van der Waals surface area (Å²) in [5, 5.41) is 8.56. The first-order valence-electron chi connectivity index (χ1n) is 3.29. The molecule has 0 aliphatic carbocycles. The standard InChI is InChI=1S/C7H8N2O3/c8-7(12)9-3-1-2-5(4-9)6(10)11/h1,3-4H,2H2,(H2,8,12)(H,10,11). The number of hydrogen-bond acceptors (Lipinski definition) is 2. The van der Waals surface area contributed by atoms with Gasteiger partial charge in [0.05, 0.1) is 5.57 Å². The second kappa shape index (κ2) is 3.08. The number of nitrogens with zero attached hydrogens (tertiary/aromatic N) is 1.